The number of hydrogen-bond donors (Lipinski definition) is 1. The summed E-state index contributed by atoms with van der Waals surface area (Å²) in [7, 11) is 1.79. The molecule has 0 amide bonds. The number of esters is 1. The summed E-state index contributed by atoms with van der Waals surface area (Å²) in [6.45, 7) is 4.53. The minimum absolute atomic E-state index is 0.176. The van der Waals surface area contributed by atoms with Crippen molar-refractivity contribution in [3.8, 4) is 0 Å². The van der Waals surface area contributed by atoms with E-state index in [1.807, 2.05) is 30.3 Å². The molecule has 0 radical (unpaired) electrons. The molecule has 0 fully saturated rings. The van der Waals surface area contributed by atoms with Crippen molar-refractivity contribution in [2.24, 2.45) is 5.92 Å². The molecule has 1 aromatic rings. The van der Waals surface area contributed by atoms with E-state index in [1.165, 1.54) is 0 Å². The SMILES string of the molecule is CN[C@H](CC(C)C)C(=O)OCc1ccccc1. The molecule has 1 aromatic carbocycles. The van der Waals surface area contributed by atoms with Crippen LogP contribution in [0.1, 0.15) is 25.8 Å². The maximum atomic E-state index is 11.8. The molecule has 3 nitrogen and oxygen atoms in total. The number of rotatable bonds is 6. The number of hydrogen-bond acceptors (Lipinski definition) is 3. The van der Waals surface area contributed by atoms with E-state index in [-0.39, 0.29) is 12.0 Å². The van der Waals surface area contributed by atoms with Gasteiger partial charge < -0.3 is 10.1 Å². The van der Waals surface area contributed by atoms with Gasteiger partial charge >= 0.3 is 5.97 Å². The zero-order valence-corrected chi connectivity index (χ0v) is 10.8. The van der Waals surface area contributed by atoms with Gasteiger partial charge in [-0.2, -0.15) is 0 Å². The second-order valence-corrected chi connectivity index (χ2v) is 4.56. The standard InChI is InChI=1S/C14H21NO2/c1-11(2)9-13(15-3)14(16)17-10-12-7-5-4-6-8-12/h4-8,11,13,15H,9-10H2,1-3H3/t13-/m1/s1. The van der Waals surface area contributed by atoms with Gasteiger partial charge in [0.1, 0.15) is 12.6 Å². The summed E-state index contributed by atoms with van der Waals surface area (Å²) < 4.78 is 5.28. The Morgan fingerprint density at radius 2 is 1.94 bits per heavy atom. The van der Waals surface area contributed by atoms with Gasteiger partial charge in [-0.1, -0.05) is 44.2 Å². The first-order valence-electron chi connectivity index (χ1n) is 6.01. The normalized spacial score (nSPS) is 12.5. The van der Waals surface area contributed by atoms with Gasteiger partial charge in [-0.3, -0.25) is 4.79 Å². The molecule has 1 atom stereocenters. The first-order chi connectivity index (χ1) is 8.13. The highest BCUT2D eigenvalue weighted by Crippen LogP contribution is 2.08. The van der Waals surface area contributed by atoms with Crippen molar-refractivity contribution in [3.05, 3.63) is 35.9 Å². The summed E-state index contributed by atoms with van der Waals surface area (Å²) in [6, 6.07) is 9.51. The minimum Gasteiger partial charge on any atom is -0.460 e. The maximum absolute atomic E-state index is 11.8. The molecule has 0 aliphatic heterocycles. The molecule has 0 heterocycles. The number of carbonyl (C=O) groups is 1. The molecule has 17 heavy (non-hydrogen) atoms. The second-order valence-electron chi connectivity index (χ2n) is 4.56. The van der Waals surface area contributed by atoms with E-state index < -0.39 is 0 Å². The first-order valence-corrected chi connectivity index (χ1v) is 6.01. The zero-order valence-electron chi connectivity index (χ0n) is 10.8. The summed E-state index contributed by atoms with van der Waals surface area (Å²) in [5, 5.41) is 2.99. The highest BCUT2D eigenvalue weighted by molar-refractivity contribution is 5.75. The molecule has 0 spiro atoms. The molecule has 0 unspecified atom stereocenters. The summed E-state index contributed by atoms with van der Waals surface area (Å²) in [5.41, 5.74) is 1.01. The molecule has 1 rings (SSSR count). The molecule has 0 aliphatic rings. The van der Waals surface area contributed by atoms with Crippen molar-refractivity contribution < 1.29 is 9.53 Å². The summed E-state index contributed by atoms with van der Waals surface area (Å²) >= 11 is 0. The van der Waals surface area contributed by atoms with Crippen molar-refractivity contribution in [2.45, 2.75) is 32.9 Å². The fourth-order valence-corrected chi connectivity index (χ4v) is 1.63. The minimum atomic E-state index is -0.210. The average molecular weight is 235 g/mol. The molecule has 1 N–H and O–H groups in total. The Kier molecular flexibility index (Phi) is 5.70. The number of likely N-dealkylation sites (N-methyl/N-ethyl adjacent to an activating group) is 1. The fraction of sp³-hybridized carbons (Fsp3) is 0.500. The highest BCUT2D eigenvalue weighted by Gasteiger charge is 2.18. The Labute approximate surface area is 103 Å². The average Bonchev–Trinajstić information content (AvgIpc) is 2.34. The molecular formula is C14H21NO2. The van der Waals surface area contributed by atoms with Gasteiger partial charge in [-0.15, -0.1) is 0 Å². The third-order valence-electron chi connectivity index (χ3n) is 2.56. The van der Waals surface area contributed by atoms with Gasteiger partial charge in [0.15, 0.2) is 0 Å². The number of ether oxygens (including phenoxy) is 1. The molecule has 94 valence electrons. The summed E-state index contributed by atoms with van der Waals surface area (Å²) in [4.78, 5) is 11.8. The van der Waals surface area contributed by atoms with Gasteiger partial charge in [0.2, 0.25) is 0 Å². The Hall–Kier alpha value is -1.35. The van der Waals surface area contributed by atoms with Crippen LogP contribution in [0.25, 0.3) is 0 Å². The van der Waals surface area contributed by atoms with Crippen LogP contribution in [0, 0.1) is 5.92 Å². The predicted octanol–water partition coefficient (Wildman–Crippen LogP) is 2.36. The van der Waals surface area contributed by atoms with Gasteiger partial charge in [0, 0.05) is 0 Å². The number of benzene rings is 1. The largest absolute Gasteiger partial charge is 0.460 e. The van der Waals surface area contributed by atoms with E-state index in [2.05, 4.69) is 19.2 Å². The quantitative estimate of drug-likeness (QED) is 0.769. The monoisotopic (exact) mass is 235 g/mol. The van der Waals surface area contributed by atoms with Crippen molar-refractivity contribution in [2.75, 3.05) is 7.05 Å². The number of nitrogens with one attached hydrogen (secondary N) is 1. The summed E-state index contributed by atoms with van der Waals surface area (Å²) in [5.74, 6) is 0.293. The lowest BCUT2D eigenvalue weighted by atomic mass is 10.0. The molecular weight excluding hydrogens is 214 g/mol. The molecule has 0 saturated heterocycles. The lowest BCUT2D eigenvalue weighted by molar-refractivity contribution is -0.147. The lowest BCUT2D eigenvalue weighted by Gasteiger charge is -2.17. The van der Waals surface area contributed by atoms with Crippen LogP contribution in [-0.2, 0) is 16.1 Å². The maximum Gasteiger partial charge on any atom is 0.323 e. The smallest absolute Gasteiger partial charge is 0.323 e. The van der Waals surface area contributed by atoms with Crippen LogP contribution in [-0.4, -0.2) is 19.1 Å². The second kappa shape index (κ2) is 7.07. The van der Waals surface area contributed by atoms with Crippen LogP contribution < -0.4 is 5.32 Å². The van der Waals surface area contributed by atoms with E-state index in [0.29, 0.717) is 12.5 Å². The van der Waals surface area contributed by atoms with Gasteiger partial charge in [-0.05, 0) is 24.9 Å². The predicted molar refractivity (Wildman–Crippen MR) is 68.5 cm³/mol. The molecule has 3 heteroatoms. The first kappa shape index (κ1) is 13.7. The zero-order chi connectivity index (χ0) is 12.7. The Morgan fingerprint density at radius 1 is 1.29 bits per heavy atom. The summed E-state index contributed by atoms with van der Waals surface area (Å²) in [6.07, 6.45) is 0.796. The Balaban J connectivity index is 2.42. The van der Waals surface area contributed by atoms with Crippen LogP contribution in [0.4, 0.5) is 0 Å². The fourth-order valence-electron chi connectivity index (χ4n) is 1.63. The molecule has 0 bridgehead atoms. The Morgan fingerprint density at radius 3 is 2.47 bits per heavy atom. The van der Waals surface area contributed by atoms with E-state index in [9.17, 15) is 4.79 Å². The number of carbonyl (C=O) groups excluding carboxylic acids is 1. The van der Waals surface area contributed by atoms with Crippen LogP contribution in [0.2, 0.25) is 0 Å². The van der Waals surface area contributed by atoms with Gasteiger partial charge in [-0.25, -0.2) is 0 Å². The lowest BCUT2D eigenvalue weighted by Crippen LogP contribution is -2.36. The third-order valence-corrected chi connectivity index (χ3v) is 2.56. The van der Waals surface area contributed by atoms with Gasteiger partial charge in [0.05, 0.1) is 0 Å². The Bertz CT molecular complexity index is 335. The van der Waals surface area contributed by atoms with Crippen molar-refractivity contribution in [1.29, 1.82) is 0 Å². The highest BCUT2D eigenvalue weighted by atomic mass is 16.5. The van der Waals surface area contributed by atoms with E-state index in [1.54, 1.807) is 7.05 Å². The molecule has 0 saturated carbocycles. The molecule has 0 aromatic heterocycles. The molecule has 0 aliphatic carbocycles. The van der Waals surface area contributed by atoms with E-state index in [0.717, 1.165) is 12.0 Å². The van der Waals surface area contributed by atoms with Crippen molar-refractivity contribution in [1.82, 2.24) is 5.32 Å². The van der Waals surface area contributed by atoms with E-state index in [4.69, 9.17) is 4.74 Å². The third kappa shape index (κ3) is 5.00. The van der Waals surface area contributed by atoms with Crippen molar-refractivity contribution >= 4 is 5.97 Å². The van der Waals surface area contributed by atoms with Crippen LogP contribution >= 0.6 is 0 Å². The van der Waals surface area contributed by atoms with Crippen LogP contribution in [0.3, 0.4) is 0 Å². The topological polar surface area (TPSA) is 38.3 Å². The van der Waals surface area contributed by atoms with Crippen molar-refractivity contribution in [3.63, 3.8) is 0 Å². The van der Waals surface area contributed by atoms with E-state index >= 15 is 0 Å². The van der Waals surface area contributed by atoms with Gasteiger partial charge in [0.25, 0.3) is 0 Å². The van der Waals surface area contributed by atoms with Crippen LogP contribution in [0.5, 0.6) is 0 Å². The van der Waals surface area contributed by atoms with Crippen LogP contribution in [0.15, 0.2) is 30.3 Å².